The zero-order valence-electron chi connectivity index (χ0n) is 12.0. The molecule has 0 saturated heterocycles. The molecule has 1 aromatic heterocycles. The van der Waals surface area contributed by atoms with Gasteiger partial charge in [-0.2, -0.15) is 0 Å². The first kappa shape index (κ1) is 12.8. The molecular weight excluding hydrogens is 274 g/mol. The van der Waals surface area contributed by atoms with Crippen molar-refractivity contribution in [1.29, 1.82) is 0 Å². The molecule has 0 aliphatic carbocycles. The Hall–Kier alpha value is -2.94. The molecule has 1 amide bonds. The molecule has 22 heavy (non-hydrogen) atoms. The highest BCUT2D eigenvalue weighted by atomic mass is 16.3. The van der Waals surface area contributed by atoms with Crippen molar-refractivity contribution in [1.82, 2.24) is 0 Å². The van der Waals surface area contributed by atoms with Crippen LogP contribution in [-0.4, -0.2) is 12.1 Å². The van der Waals surface area contributed by atoms with E-state index in [-0.39, 0.29) is 5.91 Å². The summed E-state index contributed by atoms with van der Waals surface area (Å²) in [6, 6.07) is 18.2. The number of rotatable bonds is 1. The van der Waals surface area contributed by atoms with Gasteiger partial charge in [-0.15, -0.1) is 0 Å². The van der Waals surface area contributed by atoms with Gasteiger partial charge in [0.05, 0.1) is 0 Å². The van der Waals surface area contributed by atoms with Gasteiger partial charge in [0.1, 0.15) is 11.2 Å². The summed E-state index contributed by atoms with van der Waals surface area (Å²) in [5.41, 5.74) is 2.42. The summed E-state index contributed by atoms with van der Waals surface area (Å²) >= 11 is 0. The van der Waals surface area contributed by atoms with Crippen molar-refractivity contribution in [3.8, 4) is 0 Å². The third-order valence-corrected chi connectivity index (χ3v) is 3.80. The van der Waals surface area contributed by atoms with E-state index in [1.807, 2.05) is 36.4 Å². The van der Waals surface area contributed by atoms with Crippen molar-refractivity contribution in [3.63, 3.8) is 0 Å². The monoisotopic (exact) mass is 287 g/mol. The Bertz CT molecular complexity index is 1060. The summed E-state index contributed by atoms with van der Waals surface area (Å²) in [6.07, 6.45) is 1.56. The molecule has 106 valence electrons. The number of amides is 1. The standard InChI is InChI=1S/C19H13NO2/c1-12(21)20-11-14-6-4-8-16-18-15-7-3-2-5-13(15)9-10-17(18)22-19(14)16/h2-11H,1H3. The number of para-hydroxylation sites is 1. The Morgan fingerprint density at radius 1 is 1.00 bits per heavy atom. The van der Waals surface area contributed by atoms with Crippen LogP contribution in [-0.2, 0) is 4.79 Å². The topological polar surface area (TPSA) is 42.6 Å². The third-order valence-electron chi connectivity index (χ3n) is 3.80. The summed E-state index contributed by atoms with van der Waals surface area (Å²) in [6.45, 7) is 1.43. The van der Waals surface area contributed by atoms with Gasteiger partial charge < -0.3 is 4.42 Å². The molecule has 0 radical (unpaired) electrons. The van der Waals surface area contributed by atoms with Gasteiger partial charge in [0, 0.05) is 29.5 Å². The molecule has 3 nitrogen and oxygen atoms in total. The second-order valence-electron chi connectivity index (χ2n) is 5.26. The largest absolute Gasteiger partial charge is 0.455 e. The van der Waals surface area contributed by atoms with Gasteiger partial charge in [-0.1, -0.05) is 42.5 Å². The lowest BCUT2D eigenvalue weighted by Crippen LogP contribution is -1.87. The summed E-state index contributed by atoms with van der Waals surface area (Å²) in [5.74, 6) is -0.224. The molecule has 0 saturated carbocycles. The van der Waals surface area contributed by atoms with E-state index < -0.39 is 0 Å². The van der Waals surface area contributed by atoms with E-state index in [1.165, 1.54) is 17.7 Å². The smallest absolute Gasteiger partial charge is 0.242 e. The Kier molecular flexibility index (Phi) is 2.79. The van der Waals surface area contributed by atoms with Gasteiger partial charge in [0.2, 0.25) is 5.91 Å². The molecule has 4 rings (SSSR count). The van der Waals surface area contributed by atoms with Crippen LogP contribution < -0.4 is 0 Å². The average molecular weight is 287 g/mol. The molecule has 0 unspecified atom stereocenters. The van der Waals surface area contributed by atoms with Crippen LogP contribution in [0.1, 0.15) is 12.5 Å². The molecule has 3 aromatic carbocycles. The van der Waals surface area contributed by atoms with E-state index in [2.05, 4.69) is 23.2 Å². The number of benzene rings is 3. The summed E-state index contributed by atoms with van der Waals surface area (Å²) < 4.78 is 6.02. The van der Waals surface area contributed by atoms with Crippen LogP contribution in [0.25, 0.3) is 32.7 Å². The maximum atomic E-state index is 11.1. The van der Waals surface area contributed by atoms with Gasteiger partial charge in [-0.05, 0) is 22.9 Å². The second-order valence-corrected chi connectivity index (χ2v) is 5.26. The highest BCUT2D eigenvalue weighted by Gasteiger charge is 2.12. The van der Waals surface area contributed by atoms with Gasteiger partial charge in [-0.3, -0.25) is 4.79 Å². The fourth-order valence-corrected chi connectivity index (χ4v) is 2.85. The minimum Gasteiger partial charge on any atom is -0.455 e. The number of carbonyl (C=O) groups excluding carboxylic acids is 1. The summed E-state index contributed by atoms with van der Waals surface area (Å²) in [5, 5.41) is 4.49. The Balaban J connectivity index is 2.12. The Morgan fingerprint density at radius 2 is 1.82 bits per heavy atom. The first-order valence-electron chi connectivity index (χ1n) is 7.11. The fourth-order valence-electron chi connectivity index (χ4n) is 2.85. The average Bonchev–Trinajstić information content (AvgIpc) is 2.92. The molecule has 3 heteroatoms. The van der Waals surface area contributed by atoms with Crippen molar-refractivity contribution in [2.45, 2.75) is 6.92 Å². The van der Waals surface area contributed by atoms with Crippen LogP contribution in [0.4, 0.5) is 0 Å². The van der Waals surface area contributed by atoms with E-state index in [9.17, 15) is 4.79 Å². The Morgan fingerprint density at radius 3 is 2.68 bits per heavy atom. The van der Waals surface area contributed by atoms with E-state index in [0.29, 0.717) is 0 Å². The molecule has 0 aliphatic rings. The molecule has 0 fully saturated rings. The summed E-state index contributed by atoms with van der Waals surface area (Å²) in [7, 11) is 0. The predicted molar refractivity (Wildman–Crippen MR) is 89.5 cm³/mol. The van der Waals surface area contributed by atoms with Gasteiger partial charge in [-0.25, -0.2) is 4.99 Å². The van der Waals surface area contributed by atoms with Crippen LogP contribution >= 0.6 is 0 Å². The van der Waals surface area contributed by atoms with Crippen molar-refractivity contribution >= 4 is 44.8 Å². The second kappa shape index (κ2) is 4.81. The number of hydrogen-bond donors (Lipinski definition) is 0. The van der Waals surface area contributed by atoms with Crippen molar-refractivity contribution in [3.05, 3.63) is 60.2 Å². The maximum Gasteiger partial charge on any atom is 0.242 e. The number of hydrogen-bond acceptors (Lipinski definition) is 2. The highest BCUT2D eigenvalue weighted by molar-refractivity contribution is 6.20. The normalized spacial score (nSPS) is 11.9. The van der Waals surface area contributed by atoms with Crippen molar-refractivity contribution < 1.29 is 9.21 Å². The molecular formula is C19H13NO2. The lowest BCUT2D eigenvalue weighted by Gasteiger charge is -1.98. The van der Waals surface area contributed by atoms with Crippen LogP contribution in [0.15, 0.2) is 64.0 Å². The minimum absolute atomic E-state index is 0.224. The third kappa shape index (κ3) is 1.91. The van der Waals surface area contributed by atoms with Crippen LogP contribution in [0.2, 0.25) is 0 Å². The zero-order valence-corrected chi connectivity index (χ0v) is 12.0. The van der Waals surface area contributed by atoms with Crippen LogP contribution in [0.5, 0.6) is 0 Å². The van der Waals surface area contributed by atoms with Gasteiger partial charge in [0.15, 0.2) is 0 Å². The minimum atomic E-state index is -0.224. The van der Waals surface area contributed by atoms with E-state index in [1.54, 1.807) is 6.21 Å². The molecule has 0 aliphatic heterocycles. The number of fused-ring (bicyclic) bond motifs is 5. The number of nitrogens with zero attached hydrogens (tertiary/aromatic N) is 1. The number of furan rings is 1. The molecule has 0 atom stereocenters. The Labute approximate surface area is 126 Å². The molecule has 0 spiro atoms. The van der Waals surface area contributed by atoms with Crippen molar-refractivity contribution in [2.75, 3.05) is 0 Å². The lowest BCUT2D eigenvalue weighted by atomic mass is 10.0. The number of carbonyl (C=O) groups is 1. The first-order chi connectivity index (χ1) is 10.7. The SMILES string of the molecule is CC(=O)N=Cc1cccc2c1oc1ccc3ccccc3c12. The van der Waals surface area contributed by atoms with Gasteiger partial charge >= 0.3 is 0 Å². The van der Waals surface area contributed by atoms with E-state index in [4.69, 9.17) is 4.42 Å². The molecule has 0 bridgehead atoms. The van der Waals surface area contributed by atoms with Crippen LogP contribution in [0.3, 0.4) is 0 Å². The zero-order chi connectivity index (χ0) is 15.1. The van der Waals surface area contributed by atoms with Crippen molar-refractivity contribution in [2.24, 2.45) is 4.99 Å². The predicted octanol–water partition coefficient (Wildman–Crippen LogP) is 4.70. The highest BCUT2D eigenvalue weighted by Crippen LogP contribution is 2.35. The van der Waals surface area contributed by atoms with Crippen LogP contribution in [0, 0.1) is 0 Å². The molecule has 0 N–H and O–H groups in total. The van der Waals surface area contributed by atoms with E-state index in [0.717, 1.165) is 27.5 Å². The molecule has 4 aromatic rings. The molecule has 1 heterocycles. The maximum absolute atomic E-state index is 11.1. The fraction of sp³-hybridized carbons (Fsp3) is 0.0526. The lowest BCUT2D eigenvalue weighted by molar-refractivity contribution is -0.115. The quantitative estimate of drug-likeness (QED) is 0.476. The summed E-state index contributed by atoms with van der Waals surface area (Å²) in [4.78, 5) is 14.9. The number of aliphatic imine (C=N–C) groups is 1. The van der Waals surface area contributed by atoms with E-state index >= 15 is 0 Å². The first-order valence-corrected chi connectivity index (χ1v) is 7.11. The van der Waals surface area contributed by atoms with Gasteiger partial charge in [0.25, 0.3) is 0 Å².